The topological polar surface area (TPSA) is 38.3 Å². The van der Waals surface area contributed by atoms with Crippen molar-refractivity contribution in [3.05, 3.63) is 35.9 Å². The third-order valence-electron chi connectivity index (χ3n) is 3.01. The van der Waals surface area contributed by atoms with Crippen molar-refractivity contribution in [2.24, 2.45) is 5.92 Å². The van der Waals surface area contributed by atoms with Gasteiger partial charge in [0.05, 0.1) is 6.04 Å². The maximum Gasteiger partial charge on any atom is 0.246 e. The number of carbonyl (C=O) groups is 1. The van der Waals surface area contributed by atoms with E-state index >= 15 is 0 Å². The van der Waals surface area contributed by atoms with Gasteiger partial charge in [-0.3, -0.25) is 4.79 Å². The van der Waals surface area contributed by atoms with E-state index in [1.165, 1.54) is 18.4 Å². The van der Waals surface area contributed by atoms with Gasteiger partial charge < -0.3 is 10.1 Å². The molecule has 1 amide bonds. The van der Waals surface area contributed by atoms with Gasteiger partial charge in [0.15, 0.2) is 0 Å². The lowest BCUT2D eigenvalue weighted by molar-refractivity contribution is -0.126. The van der Waals surface area contributed by atoms with Crippen LogP contribution in [0.25, 0.3) is 0 Å². The summed E-state index contributed by atoms with van der Waals surface area (Å²) in [6.45, 7) is 2.63. The second kappa shape index (κ2) is 5.82. The quantitative estimate of drug-likeness (QED) is 0.818. The number of hydrogen-bond acceptors (Lipinski definition) is 2. The first-order chi connectivity index (χ1) is 8.31. The van der Waals surface area contributed by atoms with Crippen LogP contribution in [0.15, 0.2) is 30.3 Å². The van der Waals surface area contributed by atoms with Crippen LogP contribution < -0.4 is 5.32 Å². The highest BCUT2D eigenvalue weighted by Crippen LogP contribution is 2.40. The number of carbonyl (C=O) groups excluding carboxylic acids is 1. The predicted molar refractivity (Wildman–Crippen MR) is 66.5 cm³/mol. The highest BCUT2D eigenvalue weighted by molar-refractivity contribution is 5.77. The zero-order chi connectivity index (χ0) is 12.1. The standard InChI is InChI=1S/C14H19NO2/c1-2-17-10-13(16)15-14(12-8-9-12)11-6-4-3-5-7-11/h3-7,12,14H,2,8-10H2,1H3,(H,15,16). The summed E-state index contributed by atoms with van der Waals surface area (Å²) in [5, 5.41) is 3.07. The van der Waals surface area contributed by atoms with Crippen LogP contribution >= 0.6 is 0 Å². The van der Waals surface area contributed by atoms with Gasteiger partial charge in [0, 0.05) is 6.61 Å². The maximum atomic E-state index is 11.7. The van der Waals surface area contributed by atoms with Crippen molar-refractivity contribution in [1.29, 1.82) is 0 Å². The number of benzene rings is 1. The fourth-order valence-electron chi connectivity index (χ4n) is 1.97. The van der Waals surface area contributed by atoms with Gasteiger partial charge in [-0.25, -0.2) is 0 Å². The second-order valence-electron chi connectivity index (χ2n) is 4.43. The van der Waals surface area contributed by atoms with Gasteiger partial charge in [-0.2, -0.15) is 0 Å². The average Bonchev–Trinajstić information content (AvgIpc) is 3.19. The highest BCUT2D eigenvalue weighted by atomic mass is 16.5. The van der Waals surface area contributed by atoms with Crippen LogP contribution in [0.5, 0.6) is 0 Å². The van der Waals surface area contributed by atoms with Crippen molar-refractivity contribution in [2.45, 2.75) is 25.8 Å². The molecule has 0 saturated heterocycles. The molecule has 3 nitrogen and oxygen atoms in total. The van der Waals surface area contributed by atoms with Crippen LogP contribution in [0.1, 0.15) is 31.4 Å². The van der Waals surface area contributed by atoms with Crippen LogP contribution in [-0.4, -0.2) is 19.1 Å². The van der Waals surface area contributed by atoms with Crippen molar-refractivity contribution >= 4 is 5.91 Å². The lowest BCUT2D eigenvalue weighted by Gasteiger charge is -2.18. The van der Waals surface area contributed by atoms with Crippen LogP contribution in [0.3, 0.4) is 0 Å². The molecule has 1 N–H and O–H groups in total. The summed E-state index contributed by atoms with van der Waals surface area (Å²) in [6, 6.07) is 10.3. The molecule has 1 aliphatic carbocycles. The Morgan fingerprint density at radius 3 is 2.71 bits per heavy atom. The second-order valence-corrected chi connectivity index (χ2v) is 4.43. The van der Waals surface area contributed by atoms with E-state index in [-0.39, 0.29) is 18.6 Å². The SMILES string of the molecule is CCOCC(=O)NC(c1ccccc1)C1CC1. The molecule has 1 atom stereocenters. The van der Waals surface area contributed by atoms with E-state index in [9.17, 15) is 4.79 Å². The minimum Gasteiger partial charge on any atom is -0.372 e. The highest BCUT2D eigenvalue weighted by Gasteiger charge is 2.33. The Hall–Kier alpha value is -1.35. The van der Waals surface area contributed by atoms with Crippen LogP contribution in [0.4, 0.5) is 0 Å². The molecule has 1 aromatic carbocycles. The van der Waals surface area contributed by atoms with Gasteiger partial charge in [-0.15, -0.1) is 0 Å². The van der Waals surface area contributed by atoms with Gasteiger partial charge in [0.1, 0.15) is 6.61 Å². The van der Waals surface area contributed by atoms with Crippen molar-refractivity contribution in [2.75, 3.05) is 13.2 Å². The Kier molecular flexibility index (Phi) is 4.15. The molecule has 17 heavy (non-hydrogen) atoms. The van der Waals surface area contributed by atoms with Crippen LogP contribution in [-0.2, 0) is 9.53 Å². The monoisotopic (exact) mass is 233 g/mol. The Balaban J connectivity index is 1.96. The minimum atomic E-state index is -0.0207. The number of rotatable bonds is 6. The minimum absolute atomic E-state index is 0.0207. The molecule has 0 heterocycles. The molecular formula is C14H19NO2. The van der Waals surface area contributed by atoms with Gasteiger partial charge in [0.25, 0.3) is 0 Å². The van der Waals surface area contributed by atoms with E-state index in [2.05, 4.69) is 17.4 Å². The van der Waals surface area contributed by atoms with Crippen molar-refractivity contribution in [3.63, 3.8) is 0 Å². The van der Waals surface area contributed by atoms with Gasteiger partial charge >= 0.3 is 0 Å². The first kappa shape index (κ1) is 12.1. The molecular weight excluding hydrogens is 214 g/mol. The molecule has 0 aromatic heterocycles. The van der Waals surface area contributed by atoms with E-state index < -0.39 is 0 Å². The maximum absolute atomic E-state index is 11.7. The molecule has 0 radical (unpaired) electrons. The Bertz CT molecular complexity index is 360. The van der Waals surface area contributed by atoms with Gasteiger partial charge in [-0.05, 0) is 31.2 Å². The number of hydrogen-bond donors (Lipinski definition) is 1. The third-order valence-corrected chi connectivity index (χ3v) is 3.01. The van der Waals surface area contributed by atoms with Gasteiger partial charge in [0.2, 0.25) is 5.91 Å². The normalized spacial score (nSPS) is 16.5. The summed E-state index contributed by atoms with van der Waals surface area (Å²) in [5.41, 5.74) is 1.19. The number of amides is 1. The number of ether oxygens (including phenoxy) is 1. The van der Waals surface area contributed by atoms with E-state index in [0.29, 0.717) is 12.5 Å². The molecule has 0 bridgehead atoms. The van der Waals surface area contributed by atoms with E-state index in [1.54, 1.807) is 0 Å². The molecule has 1 unspecified atom stereocenters. The van der Waals surface area contributed by atoms with Crippen molar-refractivity contribution < 1.29 is 9.53 Å². The molecule has 1 saturated carbocycles. The molecule has 3 heteroatoms. The summed E-state index contributed by atoms with van der Waals surface area (Å²) in [4.78, 5) is 11.7. The number of nitrogens with one attached hydrogen (secondary N) is 1. The zero-order valence-electron chi connectivity index (χ0n) is 10.2. The molecule has 0 spiro atoms. The Labute approximate surface area is 102 Å². The summed E-state index contributed by atoms with van der Waals surface area (Å²) in [7, 11) is 0. The first-order valence-corrected chi connectivity index (χ1v) is 6.23. The lowest BCUT2D eigenvalue weighted by atomic mass is 10.0. The Morgan fingerprint density at radius 1 is 1.41 bits per heavy atom. The van der Waals surface area contributed by atoms with Crippen molar-refractivity contribution in [3.8, 4) is 0 Å². The fourth-order valence-corrected chi connectivity index (χ4v) is 1.97. The predicted octanol–water partition coefficient (Wildman–Crippen LogP) is 2.29. The van der Waals surface area contributed by atoms with E-state index in [0.717, 1.165) is 0 Å². The Morgan fingerprint density at radius 2 is 2.12 bits per heavy atom. The molecule has 1 aromatic rings. The van der Waals surface area contributed by atoms with Crippen LogP contribution in [0.2, 0.25) is 0 Å². The summed E-state index contributed by atoms with van der Waals surface area (Å²) < 4.78 is 5.12. The van der Waals surface area contributed by atoms with E-state index in [1.807, 2.05) is 25.1 Å². The van der Waals surface area contributed by atoms with E-state index in [4.69, 9.17) is 4.74 Å². The van der Waals surface area contributed by atoms with Crippen molar-refractivity contribution in [1.82, 2.24) is 5.32 Å². The summed E-state index contributed by atoms with van der Waals surface area (Å²) in [6.07, 6.45) is 2.41. The molecule has 92 valence electrons. The van der Waals surface area contributed by atoms with Gasteiger partial charge in [-0.1, -0.05) is 30.3 Å². The molecule has 0 aliphatic heterocycles. The third kappa shape index (κ3) is 3.56. The lowest BCUT2D eigenvalue weighted by Crippen LogP contribution is -2.32. The zero-order valence-corrected chi connectivity index (χ0v) is 10.2. The summed E-state index contributed by atoms with van der Waals surface area (Å²) >= 11 is 0. The molecule has 1 aliphatic rings. The average molecular weight is 233 g/mol. The fraction of sp³-hybridized carbons (Fsp3) is 0.500. The first-order valence-electron chi connectivity index (χ1n) is 6.23. The largest absolute Gasteiger partial charge is 0.372 e. The smallest absolute Gasteiger partial charge is 0.246 e. The van der Waals surface area contributed by atoms with Crippen LogP contribution in [0, 0.1) is 5.92 Å². The molecule has 1 fully saturated rings. The molecule has 2 rings (SSSR count). The summed E-state index contributed by atoms with van der Waals surface area (Å²) in [5.74, 6) is 0.579.